The van der Waals surface area contributed by atoms with Crippen LogP contribution in [0, 0.1) is 11.7 Å². The number of hydrogen-bond donors (Lipinski definition) is 1. The summed E-state index contributed by atoms with van der Waals surface area (Å²) in [6.07, 6.45) is 2.18. The van der Waals surface area contributed by atoms with E-state index < -0.39 is 0 Å². The first-order valence-electron chi connectivity index (χ1n) is 5.57. The van der Waals surface area contributed by atoms with E-state index in [2.05, 4.69) is 12.2 Å². The lowest BCUT2D eigenvalue weighted by Gasteiger charge is -2.47. The van der Waals surface area contributed by atoms with E-state index in [-0.39, 0.29) is 11.2 Å². The van der Waals surface area contributed by atoms with Gasteiger partial charge in [0, 0.05) is 12.0 Å². The van der Waals surface area contributed by atoms with Gasteiger partial charge < -0.3 is 5.32 Å². The van der Waals surface area contributed by atoms with Gasteiger partial charge in [-0.2, -0.15) is 0 Å². The maximum absolute atomic E-state index is 13.7. The second-order valence-electron chi connectivity index (χ2n) is 4.80. The molecule has 0 aliphatic heterocycles. The maximum atomic E-state index is 13.7. The van der Waals surface area contributed by atoms with Crippen LogP contribution in [0.5, 0.6) is 0 Å². The average molecular weight is 207 g/mol. The minimum absolute atomic E-state index is 0.0412. The number of nitrogens with one attached hydrogen (secondary N) is 1. The third kappa shape index (κ3) is 1.78. The summed E-state index contributed by atoms with van der Waals surface area (Å²) in [5.74, 6) is 0.664. The van der Waals surface area contributed by atoms with Gasteiger partial charge in [-0.3, -0.25) is 0 Å². The van der Waals surface area contributed by atoms with Crippen molar-refractivity contribution in [1.29, 1.82) is 0 Å². The highest BCUT2D eigenvalue weighted by Gasteiger charge is 2.44. The summed E-state index contributed by atoms with van der Waals surface area (Å²) >= 11 is 0. The van der Waals surface area contributed by atoms with E-state index in [0.717, 1.165) is 30.9 Å². The molecule has 1 nitrogen and oxygen atoms in total. The Morgan fingerprint density at radius 3 is 2.60 bits per heavy atom. The molecule has 1 fully saturated rings. The summed E-state index contributed by atoms with van der Waals surface area (Å²) in [5, 5.41) is 3.19. The standard InChI is InChI=1S/C13H18FN/c1-10-7-13(8-10,9-15-2)11-5-3-4-6-12(11)14/h3-6,10,15H,7-9H2,1-2H3. The molecule has 15 heavy (non-hydrogen) atoms. The normalized spacial score (nSPS) is 29.9. The number of likely N-dealkylation sites (N-methyl/N-ethyl adjacent to an activating group) is 1. The first-order chi connectivity index (χ1) is 7.18. The Morgan fingerprint density at radius 2 is 2.07 bits per heavy atom. The van der Waals surface area contributed by atoms with E-state index in [0.29, 0.717) is 0 Å². The Kier molecular flexibility index (Phi) is 2.79. The highest BCUT2D eigenvalue weighted by Crippen LogP contribution is 2.47. The van der Waals surface area contributed by atoms with Crippen LogP contribution in [0.15, 0.2) is 24.3 Å². The minimum Gasteiger partial charge on any atom is -0.319 e. The van der Waals surface area contributed by atoms with Crippen molar-refractivity contribution in [2.75, 3.05) is 13.6 Å². The molecule has 1 aromatic carbocycles. The summed E-state index contributed by atoms with van der Waals surface area (Å²) in [6.45, 7) is 3.10. The topological polar surface area (TPSA) is 12.0 Å². The number of rotatable bonds is 3. The predicted molar refractivity (Wildman–Crippen MR) is 60.4 cm³/mol. The van der Waals surface area contributed by atoms with Gasteiger partial charge in [-0.05, 0) is 37.4 Å². The second kappa shape index (κ2) is 3.93. The Labute approximate surface area is 90.7 Å². The smallest absolute Gasteiger partial charge is 0.127 e. The molecule has 2 heteroatoms. The van der Waals surface area contributed by atoms with Crippen LogP contribution in [0.2, 0.25) is 0 Å². The fourth-order valence-electron chi connectivity index (χ4n) is 2.96. The SMILES string of the molecule is CNCC1(c2ccccc2F)CC(C)C1. The van der Waals surface area contributed by atoms with Crippen LogP contribution in [0.25, 0.3) is 0 Å². The highest BCUT2D eigenvalue weighted by atomic mass is 19.1. The van der Waals surface area contributed by atoms with Crippen LogP contribution >= 0.6 is 0 Å². The molecule has 1 aromatic rings. The largest absolute Gasteiger partial charge is 0.319 e. The molecule has 1 N–H and O–H groups in total. The molecule has 0 spiro atoms. The van der Waals surface area contributed by atoms with E-state index in [1.165, 1.54) is 0 Å². The van der Waals surface area contributed by atoms with Crippen molar-refractivity contribution in [3.05, 3.63) is 35.6 Å². The fourth-order valence-corrected chi connectivity index (χ4v) is 2.96. The zero-order valence-corrected chi connectivity index (χ0v) is 9.39. The lowest BCUT2D eigenvalue weighted by molar-refractivity contribution is 0.151. The van der Waals surface area contributed by atoms with Crippen molar-refractivity contribution < 1.29 is 4.39 Å². The Hall–Kier alpha value is -0.890. The molecule has 1 aliphatic rings. The molecule has 0 aromatic heterocycles. The Balaban J connectivity index is 2.30. The summed E-state index contributed by atoms with van der Waals surface area (Å²) in [4.78, 5) is 0. The molecule has 82 valence electrons. The molecule has 0 bridgehead atoms. The molecule has 0 atom stereocenters. The van der Waals surface area contributed by atoms with E-state index in [9.17, 15) is 4.39 Å². The number of hydrogen-bond acceptors (Lipinski definition) is 1. The summed E-state index contributed by atoms with van der Waals surface area (Å²) in [5.41, 5.74) is 0.928. The van der Waals surface area contributed by atoms with Crippen LogP contribution in [0.3, 0.4) is 0 Å². The van der Waals surface area contributed by atoms with Gasteiger partial charge in [-0.15, -0.1) is 0 Å². The fraction of sp³-hybridized carbons (Fsp3) is 0.538. The molecular formula is C13H18FN. The molecule has 1 aliphatic carbocycles. The van der Waals surface area contributed by atoms with E-state index in [1.807, 2.05) is 19.2 Å². The molecule has 0 amide bonds. The second-order valence-corrected chi connectivity index (χ2v) is 4.80. The van der Waals surface area contributed by atoms with E-state index in [4.69, 9.17) is 0 Å². The zero-order valence-electron chi connectivity index (χ0n) is 9.39. The van der Waals surface area contributed by atoms with Crippen LogP contribution in [-0.4, -0.2) is 13.6 Å². The van der Waals surface area contributed by atoms with Gasteiger partial charge in [0.05, 0.1) is 0 Å². The van der Waals surface area contributed by atoms with E-state index in [1.54, 1.807) is 12.1 Å². The Bertz CT molecular complexity index is 337. The summed E-state index contributed by atoms with van der Waals surface area (Å²) in [7, 11) is 1.94. The van der Waals surface area contributed by atoms with Crippen LogP contribution < -0.4 is 5.32 Å². The molecule has 0 unspecified atom stereocenters. The van der Waals surface area contributed by atoms with E-state index >= 15 is 0 Å². The van der Waals surface area contributed by atoms with Crippen LogP contribution in [0.4, 0.5) is 4.39 Å². The maximum Gasteiger partial charge on any atom is 0.127 e. The van der Waals surface area contributed by atoms with Gasteiger partial charge in [0.2, 0.25) is 0 Å². The van der Waals surface area contributed by atoms with Crippen molar-refractivity contribution in [3.8, 4) is 0 Å². The molecule has 0 saturated heterocycles. The van der Waals surface area contributed by atoms with Gasteiger partial charge in [0.15, 0.2) is 0 Å². The predicted octanol–water partition coefficient (Wildman–Crippen LogP) is 2.71. The molecule has 2 rings (SSSR count). The number of benzene rings is 1. The zero-order chi connectivity index (χ0) is 10.9. The third-order valence-corrected chi connectivity index (χ3v) is 3.44. The third-order valence-electron chi connectivity index (χ3n) is 3.44. The van der Waals surface area contributed by atoms with Gasteiger partial charge in [0.25, 0.3) is 0 Å². The quantitative estimate of drug-likeness (QED) is 0.803. The van der Waals surface area contributed by atoms with Crippen molar-refractivity contribution in [1.82, 2.24) is 5.32 Å². The summed E-state index contributed by atoms with van der Waals surface area (Å²) < 4.78 is 13.7. The molecular weight excluding hydrogens is 189 g/mol. The van der Waals surface area contributed by atoms with Gasteiger partial charge in [-0.25, -0.2) is 4.39 Å². The monoisotopic (exact) mass is 207 g/mol. The number of halogens is 1. The van der Waals surface area contributed by atoms with Gasteiger partial charge in [0.1, 0.15) is 5.82 Å². The van der Waals surface area contributed by atoms with Gasteiger partial charge in [-0.1, -0.05) is 25.1 Å². The van der Waals surface area contributed by atoms with Crippen LogP contribution in [-0.2, 0) is 5.41 Å². The van der Waals surface area contributed by atoms with Crippen molar-refractivity contribution in [2.24, 2.45) is 5.92 Å². The highest BCUT2D eigenvalue weighted by molar-refractivity contribution is 5.30. The average Bonchev–Trinajstić information content (AvgIpc) is 2.16. The first-order valence-corrected chi connectivity index (χ1v) is 5.57. The first kappa shape index (κ1) is 10.6. The van der Waals surface area contributed by atoms with Crippen molar-refractivity contribution in [2.45, 2.75) is 25.2 Å². The molecule has 0 radical (unpaired) electrons. The van der Waals surface area contributed by atoms with Crippen molar-refractivity contribution >= 4 is 0 Å². The minimum atomic E-state index is -0.0559. The van der Waals surface area contributed by atoms with Crippen molar-refractivity contribution in [3.63, 3.8) is 0 Å². The van der Waals surface area contributed by atoms with Gasteiger partial charge >= 0.3 is 0 Å². The lowest BCUT2D eigenvalue weighted by atomic mass is 9.59. The Morgan fingerprint density at radius 1 is 1.40 bits per heavy atom. The summed E-state index contributed by atoms with van der Waals surface area (Å²) in [6, 6.07) is 7.18. The molecule has 1 saturated carbocycles. The molecule has 0 heterocycles. The van der Waals surface area contributed by atoms with Crippen LogP contribution in [0.1, 0.15) is 25.3 Å². The lowest BCUT2D eigenvalue weighted by Crippen LogP contribution is -2.47.